The van der Waals surface area contributed by atoms with Crippen LogP contribution in [0.1, 0.15) is 16.8 Å². The monoisotopic (exact) mass is 437 g/mol. The largest absolute Gasteiger partial charge is 0.493 e. The van der Waals surface area contributed by atoms with Crippen molar-refractivity contribution in [1.29, 1.82) is 0 Å². The number of nitrogens with zero attached hydrogens (tertiary/aromatic N) is 3. The SMILES string of the molecule is COc1ccc(C(=O)N2CCN(C(=O)[C@H]3CC(=O)N(c4ccccc4)C3)CC2)cc1OC. The van der Waals surface area contributed by atoms with Crippen molar-refractivity contribution in [2.45, 2.75) is 6.42 Å². The summed E-state index contributed by atoms with van der Waals surface area (Å²) in [7, 11) is 3.08. The molecule has 0 spiro atoms. The molecule has 8 heteroatoms. The van der Waals surface area contributed by atoms with Gasteiger partial charge in [-0.1, -0.05) is 18.2 Å². The second-order valence-corrected chi connectivity index (χ2v) is 7.93. The Morgan fingerprint density at radius 1 is 0.875 bits per heavy atom. The van der Waals surface area contributed by atoms with E-state index in [0.29, 0.717) is 49.8 Å². The molecule has 2 aliphatic rings. The van der Waals surface area contributed by atoms with Gasteiger partial charge in [-0.15, -0.1) is 0 Å². The maximum absolute atomic E-state index is 13.0. The van der Waals surface area contributed by atoms with Crippen molar-refractivity contribution >= 4 is 23.4 Å². The highest BCUT2D eigenvalue weighted by molar-refractivity contribution is 6.00. The van der Waals surface area contributed by atoms with Gasteiger partial charge in [0.2, 0.25) is 11.8 Å². The van der Waals surface area contributed by atoms with Crippen LogP contribution in [0, 0.1) is 5.92 Å². The molecule has 2 aromatic carbocycles. The number of piperazine rings is 1. The predicted octanol–water partition coefficient (Wildman–Crippen LogP) is 2.04. The minimum atomic E-state index is -0.351. The molecule has 8 nitrogen and oxygen atoms in total. The van der Waals surface area contributed by atoms with Gasteiger partial charge in [-0.25, -0.2) is 0 Å². The van der Waals surface area contributed by atoms with Gasteiger partial charge in [0, 0.05) is 50.4 Å². The van der Waals surface area contributed by atoms with Crippen LogP contribution in [-0.2, 0) is 9.59 Å². The smallest absolute Gasteiger partial charge is 0.254 e. The Morgan fingerprint density at radius 3 is 2.19 bits per heavy atom. The van der Waals surface area contributed by atoms with E-state index in [0.717, 1.165) is 5.69 Å². The van der Waals surface area contributed by atoms with E-state index in [1.165, 1.54) is 7.11 Å². The summed E-state index contributed by atoms with van der Waals surface area (Å²) in [6.45, 7) is 2.19. The summed E-state index contributed by atoms with van der Waals surface area (Å²) in [6, 6.07) is 14.5. The molecular formula is C24H27N3O5. The molecule has 0 N–H and O–H groups in total. The van der Waals surface area contributed by atoms with Crippen LogP contribution in [-0.4, -0.2) is 74.5 Å². The van der Waals surface area contributed by atoms with Crippen LogP contribution in [0.25, 0.3) is 0 Å². The number of methoxy groups -OCH3 is 2. The quantitative estimate of drug-likeness (QED) is 0.715. The summed E-state index contributed by atoms with van der Waals surface area (Å²) in [4.78, 5) is 43.6. The van der Waals surface area contributed by atoms with Gasteiger partial charge in [0.05, 0.1) is 20.1 Å². The van der Waals surface area contributed by atoms with Crippen molar-refractivity contribution in [3.63, 3.8) is 0 Å². The Bertz CT molecular complexity index is 1000. The first-order valence-corrected chi connectivity index (χ1v) is 10.7. The van der Waals surface area contributed by atoms with E-state index in [1.54, 1.807) is 40.0 Å². The van der Waals surface area contributed by atoms with Gasteiger partial charge in [0.1, 0.15) is 0 Å². The maximum atomic E-state index is 13.0. The van der Waals surface area contributed by atoms with Gasteiger partial charge >= 0.3 is 0 Å². The zero-order valence-electron chi connectivity index (χ0n) is 18.3. The number of amides is 3. The third-order valence-electron chi connectivity index (χ3n) is 6.05. The molecule has 168 valence electrons. The first-order chi connectivity index (χ1) is 15.5. The van der Waals surface area contributed by atoms with Gasteiger partial charge in [-0.05, 0) is 30.3 Å². The van der Waals surface area contributed by atoms with Gasteiger partial charge in [0.25, 0.3) is 5.91 Å². The van der Waals surface area contributed by atoms with Gasteiger partial charge in [0.15, 0.2) is 11.5 Å². The molecule has 0 aromatic heterocycles. The molecule has 0 unspecified atom stereocenters. The maximum Gasteiger partial charge on any atom is 0.254 e. The highest BCUT2D eigenvalue weighted by Crippen LogP contribution is 2.29. The lowest BCUT2D eigenvalue weighted by atomic mass is 10.1. The van der Waals surface area contributed by atoms with Crippen LogP contribution in [0.2, 0.25) is 0 Å². The van der Waals surface area contributed by atoms with Gasteiger partial charge < -0.3 is 24.2 Å². The average molecular weight is 437 g/mol. The predicted molar refractivity (Wildman–Crippen MR) is 119 cm³/mol. The van der Waals surface area contributed by atoms with Crippen LogP contribution in [0.4, 0.5) is 5.69 Å². The topological polar surface area (TPSA) is 79.4 Å². The summed E-state index contributed by atoms with van der Waals surface area (Å²) in [6.07, 6.45) is 0.221. The summed E-state index contributed by atoms with van der Waals surface area (Å²) in [5.41, 5.74) is 1.33. The Labute approximate surface area is 187 Å². The molecule has 0 bridgehead atoms. The Balaban J connectivity index is 1.35. The molecule has 0 aliphatic carbocycles. The molecule has 0 radical (unpaired) electrons. The van der Waals surface area contributed by atoms with E-state index in [-0.39, 0.29) is 30.1 Å². The number of hydrogen-bond donors (Lipinski definition) is 0. The van der Waals surface area contributed by atoms with Crippen molar-refractivity contribution in [2.75, 3.05) is 51.8 Å². The number of ether oxygens (including phenoxy) is 2. The average Bonchev–Trinajstić information content (AvgIpc) is 3.24. The number of rotatable bonds is 5. The van der Waals surface area contributed by atoms with Gasteiger partial charge in [-0.2, -0.15) is 0 Å². The van der Waals surface area contributed by atoms with Crippen molar-refractivity contribution in [3.8, 4) is 11.5 Å². The summed E-state index contributed by atoms with van der Waals surface area (Å²) >= 11 is 0. The Hall–Kier alpha value is -3.55. The first kappa shape index (κ1) is 21.7. The number of carbonyl (C=O) groups is 3. The fourth-order valence-corrected chi connectivity index (χ4v) is 4.27. The second-order valence-electron chi connectivity index (χ2n) is 7.93. The normalized spacial score (nSPS) is 18.6. The standard InChI is InChI=1S/C24H27N3O5/c1-31-20-9-8-17(14-21(20)32-2)23(29)25-10-12-26(13-11-25)24(30)18-15-22(28)27(16-18)19-6-4-3-5-7-19/h3-9,14,18H,10-13,15-16H2,1-2H3/t18-/m0/s1. The Morgan fingerprint density at radius 2 is 1.53 bits per heavy atom. The molecule has 4 rings (SSSR count). The number of anilines is 1. The molecule has 32 heavy (non-hydrogen) atoms. The molecular weight excluding hydrogens is 410 g/mol. The van der Waals surface area contributed by atoms with Crippen molar-refractivity contribution in [1.82, 2.24) is 9.80 Å². The molecule has 0 saturated carbocycles. The molecule has 2 aliphatic heterocycles. The van der Waals surface area contributed by atoms with Crippen LogP contribution in [0.5, 0.6) is 11.5 Å². The molecule has 2 fully saturated rings. The zero-order chi connectivity index (χ0) is 22.7. The van der Waals surface area contributed by atoms with Gasteiger partial charge in [-0.3, -0.25) is 14.4 Å². The lowest BCUT2D eigenvalue weighted by Gasteiger charge is -2.36. The van der Waals surface area contributed by atoms with Crippen LogP contribution in [0.15, 0.2) is 48.5 Å². The molecule has 3 amide bonds. The summed E-state index contributed by atoms with van der Waals surface area (Å²) < 4.78 is 10.5. The summed E-state index contributed by atoms with van der Waals surface area (Å²) in [5.74, 6) is 0.558. The van der Waals surface area contributed by atoms with Crippen LogP contribution >= 0.6 is 0 Å². The Kier molecular flexibility index (Phi) is 6.30. The minimum Gasteiger partial charge on any atom is -0.493 e. The lowest BCUT2D eigenvalue weighted by Crippen LogP contribution is -2.52. The molecule has 2 heterocycles. The number of carbonyl (C=O) groups excluding carboxylic acids is 3. The first-order valence-electron chi connectivity index (χ1n) is 10.7. The number of hydrogen-bond acceptors (Lipinski definition) is 5. The highest BCUT2D eigenvalue weighted by Gasteiger charge is 2.38. The van der Waals surface area contributed by atoms with Crippen molar-refractivity contribution < 1.29 is 23.9 Å². The van der Waals surface area contributed by atoms with Crippen molar-refractivity contribution in [3.05, 3.63) is 54.1 Å². The van der Waals surface area contributed by atoms with E-state index < -0.39 is 0 Å². The van der Waals surface area contributed by atoms with E-state index >= 15 is 0 Å². The molecule has 2 aromatic rings. The van der Waals surface area contributed by atoms with Crippen molar-refractivity contribution in [2.24, 2.45) is 5.92 Å². The highest BCUT2D eigenvalue weighted by atomic mass is 16.5. The third kappa shape index (κ3) is 4.26. The lowest BCUT2D eigenvalue weighted by molar-refractivity contribution is -0.137. The molecule has 1 atom stereocenters. The van der Waals surface area contributed by atoms with E-state index in [9.17, 15) is 14.4 Å². The molecule has 2 saturated heterocycles. The van der Waals surface area contributed by atoms with Crippen LogP contribution < -0.4 is 14.4 Å². The second kappa shape index (κ2) is 9.30. The van der Waals surface area contributed by atoms with Crippen LogP contribution in [0.3, 0.4) is 0 Å². The fourth-order valence-electron chi connectivity index (χ4n) is 4.27. The number of benzene rings is 2. The third-order valence-corrected chi connectivity index (χ3v) is 6.05. The zero-order valence-corrected chi connectivity index (χ0v) is 18.3. The fraction of sp³-hybridized carbons (Fsp3) is 0.375. The summed E-state index contributed by atoms with van der Waals surface area (Å²) in [5, 5.41) is 0. The van der Waals surface area contributed by atoms with E-state index in [4.69, 9.17) is 9.47 Å². The van der Waals surface area contributed by atoms with E-state index in [2.05, 4.69) is 0 Å². The van der Waals surface area contributed by atoms with E-state index in [1.807, 2.05) is 30.3 Å². The number of para-hydroxylation sites is 1. The minimum absolute atomic E-state index is 0.0185.